The van der Waals surface area contributed by atoms with Crippen LogP contribution in [0.4, 0.5) is 0 Å². The molecule has 0 aromatic heterocycles. The average molecular weight is 166 g/mol. The van der Waals surface area contributed by atoms with Crippen molar-refractivity contribution >= 4 is 8.07 Å². The largest absolute Gasteiger partial charge is 0.0784 e. The molecule has 1 rings (SSSR count). The van der Waals surface area contributed by atoms with Crippen LogP contribution in [0.5, 0.6) is 0 Å². The molecule has 1 aliphatic rings. The molecule has 0 bridgehead atoms. The quantitative estimate of drug-likeness (QED) is 0.524. The normalized spacial score (nSPS) is 25.0. The number of allylic oxidation sites excluding steroid dienone is 4. The molecule has 0 spiro atoms. The molecule has 1 heteroatoms. The monoisotopic (exact) mass is 166 g/mol. The molecule has 1 aliphatic carbocycles. The van der Waals surface area contributed by atoms with Gasteiger partial charge < -0.3 is 0 Å². The fourth-order valence-electron chi connectivity index (χ4n) is 1.29. The standard InChI is InChI=1S/C10H18Si/c1-8-6-10(7-9(8)2)11(3,4)5/h6-8H,1-5H3. The molecule has 0 aromatic rings. The van der Waals surface area contributed by atoms with Crippen LogP contribution < -0.4 is 0 Å². The van der Waals surface area contributed by atoms with E-state index in [-0.39, 0.29) is 0 Å². The van der Waals surface area contributed by atoms with E-state index in [0.29, 0.717) is 5.92 Å². The summed E-state index contributed by atoms with van der Waals surface area (Å²) in [6.07, 6.45) is 4.82. The van der Waals surface area contributed by atoms with Crippen LogP contribution in [-0.2, 0) is 0 Å². The average Bonchev–Trinajstić information content (AvgIpc) is 2.11. The van der Waals surface area contributed by atoms with Crippen molar-refractivity contribution in [2.45, 2.75) is 33.5 Å². The molecule has 0 saturated heterocycles. The summed E-state index contributed by atoms with van der Waals surface area (Å²) in [5.41, 5.74) is 1.53. The summed E-state index contributed by atoms with van der Waals surface area (Å²) in [7, 11) is -1.02. The van der Waals surface area contributed by atoms with Crippen LogP contribution in [-0.4, -0.2) is 8.07 Å². The van der Waals surface area contributed by atoms with Gasteiger partial charge >= 0.3 is 0 Å². The van der Waals surface area contributed by atoms with Crippen molar-refractivity contribution < 1.29 is 0 Å². The van der Waals surface area contributed by atoms with Gasteiger partial charge in [0, 0.05) is 0 Å². The zero-order valence-electron chi connectivity index (χ0n) is 8.23. The van der Waals surface area contributed by atoms with E-state index in [4.69, 9.17) is 0 Å². The Labute approximate surface area is 71.0 Å². The Morgan fingerprint density at radius 2 is 1.82 bits per heavy atom. The maximum absolute atomic E-state index is 2.43. The fraction of sp³-hybridized carbons (Fsp3) is 0.600. The van der Waals surface area contributed by atoms with E-state index in [1.165, 1.54) is 5.57 Å². The lowest BCUT2D eigenvalue weighted by Gasteiger charge is -2.15. The lowest BCUT2D eigenvalue weighted by molar-refractivity contribution is 0.881. The van der Waals surface area contributed by atoms with Crippen molar-refractivity contribution in [3.8, 4) is 0 Å². The smallest absolute Gasteiger partial charge is 0.0772 e. The van der Waals surface area contributed by atoms with Gasteiger partial charge in [0.1, 0.15) is 0 Å². The van der Waals surface area contributed by atoms with Crippen molar-refractivity contribution in [2.75, 3.05) is 0 Å². The van der Waals surface area contributed by atoms with Crippen LogP contribution in [0.1, 0.15) is 13.8 Å². The molecule has 0 heterocycles. The number of rotatable bonds is 1. The Hall–Kier alpha value is -0.303. The van der Waals surface area contributed by atoms with Crippen molar-refractivity contribution in [3.05, 3.63) is 22.9 Å². The van der Waals surface area contributed by atoms with Gasteiger partial charge in [-0.1, -0.05) is 49.5 Å². The van der Waals surface area contributed by atoms with Crippen LogP contribution in [0.25, 0.3) is 0 Å². The molecule has 0 saturated carbocycles. The first-order chi connectivity index (χ1) is 4.91. The van der Waals surface area contributed by atoms with Gasteiger partial charge in [-0.25, -0.2) is 0 Å². The highest BCUT2D eigenvalue weighted by molar-refractivity contribution is 6.83. The van der Waals surface area contributed by atoms with Crippen LogP contribution in [0, 0.1) is 5.92 Å². The highest BCUT2D eigenvalue weighted by Gasteiger charge is 2.22. The van der Waals surface area contributed by atoms with Crippen LogP contribution in [0.3, 0.4) is 0 Å². The van der Waals surface area contributed by atoms with Gasteiger partial charge in [0.05, 0.1) is 8.07 Å². The third kappa shape index (κ3) is 1.83. The minimum atomic E-state index is -1.02. The predicted molar refractivity (Wildman–Crippen MR) is 54.4 cm³/mol. The van der Waals surface area contributed by atoms with Crippen molar-refractivity contribution in [3.63, 3.8) is 0 Å². The first-order valence-electron chi connectivity index (χ1n) is 4.32. The molecule has 0 aliphatic heterocycles. The van der Waals surface area contributed by atoms with Gasteiger partial charge in [0.15, 0.2) is 0 Å². The van der Waals surface area contributed by atoms with Gasteiger partial charge in [-0.2, -0.15) is 0 Å². The predicted octanol–water partition coefficient (Wildman–Crippen LogP) is 3.39. The molecule has 62 valence electrons. The molecular formula is C10H18Si. The second-order valence-electron chi connectivity index (χ2n) is 4.55. The van der Waals surface area contributed by atoms with Crippen LogP contribution in [0.2, 0.25) is 19.6 Å². The molecule has 0 nitrogen and oxygen atoms in total. The fourth-order valence-corrected chi connectivity index (χ4v) is 2.70. The molecule has 11 heavy (non-hydrogen) atoms. The topological polar surface area (TPSA) is 0 Å². The molecule has 0 aromatic carbocycles. The van der Waals surface area contributed by atoms with E-state index >= 15 is 0 Å². The van der Waals surface area contributed by atoms with Gasteiger partial charge in [0.2, 0.25) is 0 Å². The molecule has 1 unspecified atom stereocenters. The Morgan fingerprint density at radius 3 is 2.00 bits per heavy atom. The summed E-state index contributed by atoms with van der Waals surface area (Å²) < 4.78 is 0. The molecule has 0 radical (unpaired) electrons. The van der Waals surface area contributed by atoms with E-state index in [1.807, 2.05) is 0 Å². The Balaban J connectivity index is 2.87. The SMILES string of the molecule is CC1=CC([Si](C)(C)C)=CC1C. The lowest BCUT2D eigenvalue weighted by Crippen LogP contribution is -2.21. The summed E-state index contributed by atoms with van der Waals surface area (Å²) in [6, 6.07) is 0. The van der Waals surface area contributed by atoms with Gasteiger partial charge in [0.25, 0.3) is 0 Å². The summed E-state index contributed by atoms with van der Waals surface area (Å²) in [5, 5.41) is 1.63. The second kappa shape index (κ2) is 2.63. The van der Waals surface area contributed by atoms with E-state index in [9.17, 15) is 0 Å². The van der Waals surface area contributed by atoms with Gasteiger partial charge in [-0.15, -0.1) is 0 Å². The molecule has 0 amide bonds. The van der Waals surface area contributed by atoms with Crippen LogP contribution in [0.15, 0.2) is 22.9 Å². The van der Waals surface area contributed by atoms with Crippen LogP contribution >= 0.6 is 0 Å². The Bertz CT molecular complexity index is 216. The minimum Gasteiger partial charge on any atom is -0.0784 e. The Kier molecular flexibility index (Phi) is 2.10. The third-order valence-electron chi connectivity index (χ3n) is 2.40. The zero-order valence-corrected chi connectivity index (χ0v) is 9.23. The lowest BCUT2D eigenvalue weighted by atomic mass is 10.1. The number of hydrogen-bond donors (Lipinski definition) is 0. The van der Waals surface area contributed by atoms with Crippen molar-refractivity contribution in [2.24, 2.45) is 5.92 Å². The van der Waals surface area contributed by atoms with Crippen molar-refractivity contribution in [1.82, 2.24) is 0 Å². The second-order valence-corrected chi connectivity index (χ2v) is 9.63. The number of hydrogen-bond acceptors (Lipinski definition) is 0. The summed E-state index contributed by atoms with van der Waals surface area (Å²) in [4.78, 5) is 0. The highest BCUT2D eigenvalue weighted by Crippen LogP contribution is 2.28. The first kappa shape index (κ1) is 8.79. The molecule has 1 atom stereocenters. The molecule has 0 fully saturated rings. The molecular weight excluding hydrogens is 148 g/mol. The Morgan fingerprint density at radius 1 is 1.27 bits per heavy atom. The van der Waals surface area contributed by atoms with Gasteiger partial charge in [-0.3, -0.25) is 0 Å². The first-order valence-corrected chi connectivity index (χ1v) is 7.82. The molecule has 0 N–H and O–H groups in total. The van der Waals surface area contributed by atoms with E-state index < -0.39 is 8.07 Å². The third-order valence-corrected chi connectivity index (χ3v) is 4.44. The minimum absolute atomic E-state index is 0.691. The summed E-state index contributed by atoms with van der Waals surface area (Å²) in [5.74, 6) is 0.691. The summed E-state index contributed by atoms with van der Waals surface area (Å²) in [6.45, 7) is 11.7. The van der Waals surface area contributed by atoms with E-state index in [2.05, 4.69) is 45.6 Å². The van der Waals surface area contributed by atoms with E-state index in [0.717, 1.165) is 0 Å². The van der Waals surface area contributed by atoms with Crippen molar-refractivity contribution in [1.29, 1.82) is 0 Å². The maximum Gasteiger partial charge on any atom is 0.0772 e. The summed E-state index contributed by atoms with van der Waals surface area (Å²) >= 11 is 0. The van der Waals surface area contributed by atoms with E-state index in [1.54, 1.807) is 5.20 Å². The van der Waals surface area contributed by atoms with Gasteiger partial charge in [-0.05, 0) is 12.8 Å². The highest BCUT2D eigenvalue weighted by atomic mass is 28.3. The maximum atomic E-state index is 2.43. The zero-order chi connectivity index (χ0) is 8.65.